The lowest BCUT2D eigenvalue weighted by Crippen LogP contribution is -3.09. The summed E-state index contributed by atoms with van der Waals surface area (Å²) in [6.07, 6.45) is 4.95. The van der Waals surface area contributed by atoms with Gasteiger partial charge in [-0.15, -0.1) is 0 Å². The number of hydrogen-bond acceptors (Lipinski definition) is 1. The maximum absolute atomic E-state index is 12.2. The Morgan fingerprint density at radius 2 is 2.00 bits per heavy atom. The number of carbonyl (C=O) groups is 1. The average molecular weight is 289 g/mol. The van der Waals surface area contributed by atoms with Gasteiger partial charge in [0.15, 0.2) is 6.54 Å². The van der Waals surface area contributed by atoms with Crippen molar-refractivity contribution in [1.29, 1.82) is 0 Å². The molecule has 1 unspecified atom stereocenters. The summed E-state index contributed by atoms with van der Waals surface area (Å²) in [6, 6.07) is 8.80. The van der Waals surface area contributed by atoms with Crippen LogP contribution in [-0.2, 0) is 11.3 Å². The molecule has 3 atom stereocenters. The molecule has 1 aliphatic carbocycles. The van der Waals surface area contributed by atoms with Gasteiger partial charge in [0.1, 0.15) is 6.54 Å². The SMILES string of the molecule is Cc1ccccc1C[NH+](C)CC(=O)N[C@@H]1CCCC[C@@H]1C. The van der Waals surface area contributed by atoms with E-state index >= 15 is 0 Å². The molecule has 1 aromatic rings. The average Bonchev–Trinajstić information content (AvgIpc) is 2.44. The molecule has 0 aromatic heterocycles. The molecular weight excluding hydrogens is 260 g/mol. The second kappa shape index (κ2) is 7.60. The van der Waals surface area contributed by atoms with Gasteiger partial charge in [-0.3, -0.25) is 4.79 Å². The minimum atomic E-state index is 0.194. The Bertz CT molecular complexity index is 472. The summed E-state index contributed by atoms with van der Waals surface area (Å²) in [4.78, 5) is 13.5. The molecule has 2 N–H and O–H groups in total. The number of likely N-dealkylation sites (N-methyl/N-ethyl adjacent to an activating group) is 1. The summed E-state index contributed by atoms with van der Waals surface area (Å²) in [5.74, 6) is 0.819. The van der Waals surface area contributed by atoms with Gasteiger partial charge in [-0.25, -0.2) is 0 Å². The lowest BCUT2D eigenvalue weighted by molar-refractivity contribution is -0.885. The topological polar surface area (TPSA) is 33.5 Å². The van der Waals surface area contributed by atoms with E-state index in [0.717, 1.165) is 13.0 Å². The van der Waals surface area contributed by atoms with Crippen LogP contribution in [0, 0.1) is 12.8 Å². The van der Waals surface area contributed by atoms with Crippen LogP contribution in [0.2, 0.25) is 0 Å². The molecule has 0 heterocycles. The van der Waals surface area contributed by atoms with E-state index in [2.05, 4.69) is 50.5 Å². The Kier molecular flexibility index (Phi) is 5.80. The molecule has 21 heavy (non-hydrogen) atoms. The fourth-order valence-electron chi connectivity index (χ4n) is 3.26. The maximum Gasteiger partial charge on any atom is 0.275 e. The van der Waals surface area contributed by atoms with Crippen LogP contribution >= 0.6 is 0 Å². The smallest absolute Gasteiger partial charge is 0.275 e. The summed E-state index contributed by atoms with van der Waals surface area (Å²) in [7, 11) is 2.09. The van der Waals surface area contributed by atoms with E-state index in [1.54, 1.807) is 0 Å². The number of aryl methyl sites for hydroxylation is 1. The van der Waals surface area contributed by atoms with E-state index in [0.29, 0.717) is 18.5 Å². The molecule has 1 aliphatic rings. The monoisotopic (exact) mass is 289 g/mol. The molecule has 0 saturated heterocycles. The fourth-order valence-corrected chi connectivity index (χ4v) is 3.26. The van der Waals surface area contributed by atoms with Gasteiger partial charge in [0, 0.05) is 11.6 Å². The normalized spacial score (nSPS) is 23.6. The summed E-state index contributed by atoms with van der Waals surface area (Å²) in [6.45, 7) is 5.85. The van der Waals surface area contributed by atoms with Crippen molar-refractivity contribution in [3.63, 3.8) is 0 Å². The maximum atomic E-state index is 12.2. The third kappa shape index (κ3) is 4.85. The molecule has 0 spiro atoms. The van der Waals surface area contributed by atoms with Crippen molar-refractivity contribution in [3.8, 4) is 0 Å². The molecule has 3 heteroatoms. The summed E-state index contributed by atoms with van der Waals surface area (Å²) in [5, 5.41) is 3.24. The predicted molar refractivity (Wildman–Crippen MR) is 86.2 cm³/mol. The van der Waals surface area contributed by atoms with Crippen molar-refractivity contribution in [2.75, 3.05) is 13.6 Å². The van der Waals surface area contributed by atoms with Crippen LogP contribution in [0.1, 0.15) is 43.7 Å². The highest BCUT2D eigenvalue weighted by molar-refractivity contribution is 5.77. The Morgan fingerprint density at radius 3 is 2.71 bits per heavy atom. The van der Waals surface area contributed by atoms with E-state index in [1.165, 1.54) is 35.3 Å². The highest BCUT2D eigenvalue weighted by Crippen LogP contribution is 2.23. The zero-order valence-electron chi connectivity index (χ0n) is 13.6. The van der Waals surface area contributed by atoms with Crippen molar-refractivity contribution in [3.05, 3.63) is 35.4 Å². The Labute approximate surface area is 128 Å². The molecule has 1 fully saturated rings. The van der Waals surface area contributed by atoms with Gasteiger partial charge in [-0.1, -0.05) is 44.0 Å². The zero-order valence-corrected chi connectivity index (χ0v) is 13.6. The predicted octanol–water partition coefficient (Wildman–Crippen LogP) is 1.70. The van der Waals surface area contributed by atoms with Crippen LogP contribution in [0.15, 0.2) is 24.3 Å². The molecule has 0 bridgehead atoms. The van der Waals surface area contributed by atoms with Crippen LogP contribution < -0.4 is 10.2 Å². The molecule has 1 aromatic carbocycles. The van der Waals surface area contributed by atoms with Crippen LogP contribution in [0.5, 0.6) is 0 Å². The van der Waals surface area contributed by atoms with E-state index in [-0.39, 0.29) is 5.91 Å². The molecule has 3 nitrogen and oxygen atoms in total. The van der Waals surface area contributed by atoms with Crippen molar-refractivity contribution in [2.45, 2.75) is 52.1 Å². The number of nitrogens with one attached hydrogen (secondary N) is 2. The van der Waals surface area contributed by atoms with Crippen LogP contribution in [0.4, 0.5) is 0 Å². The number of carbonyl (C=O) groups excluding carboxylic acids is 1. The molecule has 116 valence electrons. The highest BCUT2D eigenvalue weighted by atomic mass is 16.2. The van der Waals surface area contributed by atoms with Gasteiger partial charge in [-0.2, -0.15) is 0 Å². The standard InChI is InChI=1S/C18H28N2O/c1-14-8-4-6-10-16(14)12-20(3)13-18(21)19-17-11-7-5-9-15(17)2/h4,6,8,10,15,17H,5,7,9,11-13H2,1-3H3,(H,19,21)/p+1/t15-,17+/m0/s1. The van der Waals surface area contributed by atoms with E-state index in [1.807, 2.05) is 0 Å². The molecule has 0 radical (unpaired) electrons. The minimum absolute atomic E-state index is 0.194. The van der Waals surface area contributed by atoms with Gasteiger partial charge >= 0.3 is 0 Å². The Morgan fingerprint density at radius 1 is 1.29 bits per heavy atom. The number of quaternary nitrogens is 1. The summed E-state index contributed by atoms with van der Waals surface area (Å²) >= 11 is 0. The van der Waals surface area contributed by atoms with Gasteiger partial charge in [0.25, 0.3) is 5.91 Å². The van der Waals surface area contributed by atoms with Crippen LogP contribution in [0.3, 0.4) is 0 Å². The zero-order chi connectivity index (χ0) is 15.2. The quantitative estimate of drug-likeness (QED) is 0.850. The molecule has 2 rings (SSSR count). The third-order valence-corrected chi connectivity index (χ3v) is 4.67. The number of hydrogen-bond donors (Lipinski definition) is 2. The molecule has 1 amide bonds. The van der Waals surface area contributed by atoms with Crippen molar-refractivity contribution < 1.29 is 9.69 Å². The first-order valence-corrected chi connectivity index (χ1v) is 8.21. The van der Waals surface area contributed by atoms with Gasteiger partial charge in [0.05, 0.1) is 7.05 Å². The van der Waals surface area contributed by atoms with Crippen LogP contribution in [0.25, 0.3) is 0 Å². The van der Waals surface area contributed by atoms with E-state index in [4.69, 9.17) is 0 Å². The Hall–Kier alpha value is -1.35. The second-order valence-electron chi connectivity index (χ2n) is 6.67. The molecule has 1 saturated carbocycles. The van der Waals surface area contributed by atoms with Crippen LogP contribution in [-0.4, -0.2) is 25.5 Å². The van der Waals surface area contributed by atoms with Crippen molar-refractivity contribution in [1.82, 2.24) is 5.32 Å². The van der Waals surface area contributed by atoms with Gasteiger partial charge in [-0.05, 0) is 31.2 Å². The summed E-state index contributed by atoms with van der Waals surface area (Å²) in [5.41, 5.74) is 2.63. The van der Waals surface area contributed by atoms with Gasteiger partial charge in [0.2, 0.25) is 0 Å². The van der Waals surface area contributed by atoms with Crippen molar-refractivity contribution >= 4 is 5.91 Å². The Balaban J connectivity index is 1.80. The first-order chi connectivity index (χ1) is 10.1. The second-order valence-corrected chi connectivity index (χ2v) is 6.67. The minimum Gasteiger partial charge on any atom is -0.348 e. The lowest BCUT2D eigenvalue weighted by Gasteiger charge is -2.29. The summed E-state index contributed by atoms with van der Waals surface area (Å²) < 4.78 is 0. The lowest BCUT2D eigenvalue weighted by atomic mass is 9.86. The fraction of sp³-hybridized carbons (Fsp3) is 0.611. The highest BCUT2D eigenvalue weighted by Gasteiger charge is 2.23. The van der Waals surface area contributed by atoms with E-state index in [9.17, 15) is 4.79 Å². The van der Waals surface area contributed by atoms with E-state index < -0.39 is 0 Å². The van der Waals surface area contributed by atoms with Crippen molar-refractivity contribution in [2.24, 2.45) is 5.92 Å². The van der Waals surface area contributed by atoms with Gasteiger partial charge < -0.3 is 10.2 Å². The first kappa shape index (κ1) is 16.0. The number of rotatable bonds is 5. The third-order valence-electron chi connectivity index (χ3n) is 4.67. The first-order valence-electron chi connectivity index (χ1n) is 8.21. The number of benzene rings is 1. The largest absolute Gasteiger partial charge is 0.348 e. The number of amides is 1. The molecular formula is C18H29N2O+. The molecule has 0 aliphatic heterocycles.